The molecule has 4 atom stereocenters. The van der Waals surface area contributed by atoms with E-state index < -0.39 is 0 Å². The molecule has 1 heterocycles. The van der Waals surface area contributed by atoms with Gasteiger partial charge in [0.05, 0.1) is 0 Å². The first-order valence-electron chi connectivity index (χ1n) is 6.10. The van der Waals surface area contributed by atoms with Crippen LogP contribution in [0.3, 0.4) is 0 Å². The highest BCUT2D eigenvalue weighted by atomic mass is 16.5. The highest BCUT2D eigenvalue weighted by Crippen LogP contribution is 2.36. The maximum absolute atomic E-state index is 6.22. The molecule has 0 amide bonds. The zero-order chi connectivity index (χ0) is 9.97. The standard InChI is InChI=1S/C12H23NO/c1-9-4-5-12(13)11(7-9)10-3-2-6-14-8-10/h9-12H,2-8,13H2,1H3. The van der Waals surface area contributed by atoms with Crippen molar-refractivity contribution in [2.24, 2.45) is 23.5 Å². The molecule has 2 nitrogen and oxygen atoms in total. The summed E-state index contributed by atoms with van der Waals surface area (Å²) < 4.78 is 5.56. The summed E-state index contributed by atoms with van der Waals surface area (Å²) in [4.78, 5) is 0. The van der Waals surface area contributed by atoms with Crippen LogP contribution >= 0.6 is 0 Å². The highest BCUT2D eigenvalue weighted by molar-refractivity contribution is 4.86. The van der Waals surface area contributed by atoms with E-state index in [2.05, 4.69) is 6.92 Å². The molecule has 4 unspecified atom stereocenters. The summed E-state index contributed by atoms with van der Waals surface area (Å²) in [5, 5.41) is 0. The van der Waals surface area contributed by atoms with Gasteiger partial charge in [-0.3, -0.25) is 0 Å². The maximum atomic E-state index is 6.22. The van der Waals surface area contributed by atoms with Gasteiger partial charge in [-0.2, -0.15) is 0 Å². The molecule has 82 valence electrons. The SMILES string of the molecule is CC1CCC(N)C(C2CCCOC2)C1. The van der Waals surface area contributed by atoms with E-state index in [0.29, 0.717) is 6.04 Å². The topological polar surface area (TPSA) is 35.2 Å². The Morgan fingerprint density at radius 3 is 2.79 bits per heavy atom. The summed E-state index contributed by atoms with van der Waals surface area (Å²) in [6.45, 7) is 4.29. The fourth-order valence-corrected chi connectivity index (χ4v) is 3.09. The summed E-state index contributed by atoms with van der Waals surface area (Å²) in [6.07, 6.45) is 6.45. The van der Waals surface area contributed by atoms with Crippen molar-refractivity contribution in [1.82, 2.24) is 0 Å². The lowest BCUT2D eigenvalue weighted by molar-refractivity contribution is 0.0117. The molecule has 2 rings (SSSR count). The summed E-state index contributed by atoms with van der Waals surface area (Å²) in [5.74, 6) is 2.36. The zero-order valence-corrected chi connectivity index (χ0v) is 9.24. The summed E-state index contributed by atoms with van der Waals surface area (Å²) >= 11 is 0. The zero-order valence-electron chi connectivity index (χ0n) is 9.24. The van der Waals surface area contributed by atoms with Crippen molar-refractivity contribution in [3.05, 3.63) is 0 Å². The van der Waals surface area contributed by atoms with Crippen molar-refractivity contribution in [2.45, 2.75) is 45.1 Å². The lowest BCUT2D eigenvalue weighted by atomic mass is 9.71. The normalized spacial score (nSPS) is 45.0. The smallest absolute Gasteiger partial charge is 0.0497 e. The third-order valence-electron chi connectivity index (χ3n) is 4.02. The van der Waals surface area contributed by atoms with Gasteiger partial charge in [0.1, 0.15) is 0 Å². The molecule has 2 fully saturated rings. The van der Waals surface area contributed by atoms with Crippen LogP contribution in [0.25, 0.3) is 0 Å². The highest BCUT2D eigenvalue weighted by Gasteiger charge is 2.33. The van der Waals surface area contributed by atoms with Gasteiger partial charge < -0.3 is 10.5 Å². The van der Waals surface area contributed by atoms with Crippen LogP contribution in [-0.4, -0.2) is 19.3 Å². The van der Waals surface area contributed by atoms with Crippen LogP contribution in [0.4, 0.5) is 0 Å². The van der Waals surface area contributed by atoms with Crippen molar-refractivity contribution >= 4 is 0 Å². The first-order valence-corrected chi connectivity index (χ1v) is 6.10. The maximum Gasteiger partial charge on any atom is 0.0497 e. The first kappa shape index (κ1) is 10.4. The number of rotatable bonds is 1. The average Bonchev–Trinajstić information content (AvgIpc) is 2.23. The predicted molar refractivity (Wildman–Crippen MR) is 58.0 cm³/mol. The molecule has 1 saturated heterocycles. The third-order valence-corrected chi connectivity index (χ3v) is 4.02. The Labute approximate surface area is 87.2 Å². The summed E-state index contributed by atoms with van der Waals surface area (Å²) in [6, 6.07) is 0.442. The fourth-order valence-electron chi connectivity index (χ4n) is 3.09. The Kier molecular flexibility index (Phi) is 3.45. The molecule has 14 heavy (non-hydrogen) atoms. The molecule has 0 radical (unpaired) electrons. The molecule has 1 saturated carbocycles. The minimum Gasteiger partial charge on any atom is -0.381 e. The summed E-state index contributed by atoms with van der Waals surface area (Å²) in [7, 11) is 0. The van der Waals surface area contributed by atoms with Crippen LogP contribution in [0.1, 0.15) is 39.0 Å². The largest absolute Gasteiger partial charge is 0.381 e. The lowest BCUT2D eigenvalue weighted by Crippen LogP contribution is -2.42. The van der Waals surface area contributed by atoms with E-state index in [4.69, 9.17) is 10.5 Å². The quantitative estimate of drug-likeness (QED) is 0.699. The van der Waals surface area contributed by atoms with E-state index in [0.717, 1.165) is 31.0 Å². The monoisotopic (exact) mass is 197 g/mol. The first-order chi connectivity index (χ1) is 6.77. The van der Waals surface area contributed by atoms with Gasteiger partial charge in [0.15, 0.2) is 0 Å². The van der Waals surface area contributed by atoms with Crippen molar-refractivity contribution < 1.29 is 4.74 Å². The number of hydrogen-bond acceptors (Lipinski definition) is 2. The second-order valence-corrected chi connectivity index (χ2v) is 5.22. The van der Waals surface area contributed by atoms with Gasteiger partial charge in [0.2, 0.25) is 0 Å². The Morgan fingerprint density at radius 2 is 2.07 bits per heavy atom. The van der Waals surface area contributed by atoms with Crippen LogP contribution in [-0.2, 0) is 4.74 Å². The van der Waals surface area contributed by atoms with Crippen LogP contribution in [0, 0.1) is 17.8 Å². The van der Waals surface area contributed by atoms with Crippen molar-refractivity contribution in [3.63, 3.8) is 0 Å². The van der Waals surface area contributed by atoms with E-state index in [9.17, 15) is 0 Å². The van der Waals surface area contributed by atoms with Crippen molar-refractivity contribution in [3.8, 4) is 0 Å². The molecule has 1 aliphatic carbocycles. The molecular formula is C12H23NO. The second kappa shape index (κ2) is 4.63. The molecule has 1 aliphatic heterocycles. The van der Waals surface area contributed by atoms with Crippen molar-refractivity contribution in [1.29, 1.82) is 0 Å². The average molecular weight is 197 g/mol. The van der Waals surface area contributed by atoms with E-state index in [1.54, 1.807) is 0 Å². The molecule has 2 heteroatoms. The van der Waals surface area contributed by atoms with Gasteiger partial charge in [0, 0.05) is 19.3 Å². The Bertz CT molecular complexity index is 177. The van der Waals surface area contributed by atoms with E-state index in [1.165, 1.54) is 32.1 Å². The minimum absolute atomic E-state index is 0.442. The molecule has 2 N–H and O–H groups in total. The van der Waals surface area contributed by atoms with Crippen LogP contribution in [0.15, 0.2) is 0 Å². The second-order valence-electron chi connectivity index (χ2n) is 5.22. The van der Waals surface area contributed by atoms with E-state index in [-0.39, 0.29) is 0 Å². The van der Waals surface area contributed by atoms with Crippen LogP contribution in [0.5, 0.6) is 0 Å². The molecule has 0 aromatic rings. The Balaban J connectivity index is 1.92. The lowest BCUT2D eigenvalue weighted by Gasteiger charge is -2.39. The van der Waals surface area contributed by atoms with Gasteiger partial charge in [-0.25, -0.2) is 0 Å². The van der Waals surface area contributed by atoms with E-state index >= 15 is 0 Å². The molecular weight excluding hydrogens is 174 g/mol. The Morgan fingerprint density at radius 1 is 1.21 bits per heavy atom. The number of nitrogens with two attached hydrogens (primary N) is 1. The van der Waals surface area contributed by atoms with Gasteiger partial charge in [0.25, 0.3) is 0 Å². The van der Waals surface area contributed by atoms with E-state index in [1.807, 2.05) is 0 Å². The van der Waals surface area contributed by atoms with Crippen LogP contribution in [0.2, 0.25) is 0 Å². The van der Waals surface area contributed by atoms with Gasteiger partial charge in [-0.15, -0.1) is 0 Å². The van der Waals surface area contributed by atoms with Crippen LogP contribution < -0.4 is 5.73 Å². The molecule has 0 spiro atoms. The minimum atomic E-state index is 0.442. The molecule has 0 aromatic carbocycles. The molecule has 2 aliphatic rings. The molecule has 0 bridgehead atoms. The van der Waals surface area contributed by atoms with Crippen molar-refractivity contribution in [2.75, 3.05) is 13.2 Å². The fraction of sp³-hybridized carbons (Fsp3) is 1.00. The number of hydrogen-bond donors (Lipinski definition) is 1. The van der Waals surface area contributed by atoms with Gasteiger partial charge in [-0.1, -0.05) is 6.92 Å². The summed E-state index contributed by atoms with van der Waals surface area (Å²) in [5.41, 5.74) is 6.22. The number of ether oxygens (including phenoxy) is 1. The predicted octanol–water partition coefficient (Wildman–Crippen LogP) is 2.18. The molecule has 0 aromatic heterocycles. The van der Waals surface area contributed by atoms with Gasteiger partial charge in [-0.05, 0) is 49.9 Å². The van der Waals surface area contributed by atoms with Gasteiger partial charge >= 0.3 is 0 Å². The Hall–Kier alpha value is -0.0800. The third kappa shape index (κ3) is 2.29.